The van der Waals surface area contributed by atoms with Crippen LogP contribution in [0.25, 0.3) is 0 Å². The highest BCUT2D eigenvalue weighted by molar-refractivity contribution is 5.22. The Hall–Kier alpha value is -0.890. The molecule has 1 unspecified atom stereocenters. The van der Waals surface area contributed by atoms with Crippen LogP contribution < -0.4 is 5.32 Å². The molecular weight excluding hydrogens is 237 g/mol. The zero-order chi connectivity index (χ0) is 13.9. The van der Waals surface area contributed by atoms with Gasteiger partial charge in [0.05, 0.1) is 0 Å². The number of halogens is 1. The molecule has 1 saturated carbocycles. The fraction of sp³-hybridized carbons (Fsp3) is 0.647. The standard InChI is InChI=1S/C17H26FN/c1-17(2,3)19-12-16(13-7-4-5-8-13)14-9-6-10-15(18)11-14/h6,9-11,13,16,19H,4-5,7-8,12H2,1-3H3. The van der Waals surface area contributed by atoms with Crippen molar-refractivity contribution in [3.05, 3.63) is 35.6 Å². The van der Waals surface area contributed by atoms with E-state index in [0.717, 1.165) is 12.1 Å². The van der Waals surface area contributed by atoms with Crippen molar-refractivity contribution >= 4 is 0 Å². The maximum absolute atomic E-state index is 13.5. The number of benzene rings is 1. The molecule has 1 aromatic carbocycles. The highest BCUT2D eigenvalue weighted by Gasteiger charge is 2.27. The number of nitrogens with one attached hydrogen (secondary N) is 1. The van der Waals surface area contributed by atoms with Crippen LogP contribution in [0.2, 0.25) is 0 Å². The predicted molar refractivity (Wildman–Crippen MR) is 78.9 cm³/mol. The van der Waals surface area contributed by atoms with Crippen molar-refractivity contribution in [2.45, 2.75) is 57.9 Å². The molecule has 106 valence electrons. The Labute approximate surface area is 116 Å². The summed E-state index contributed by atoms with van der Waals surface area (Å²) in [6.07, 6.45) is 5.22. The van der Waals surface area contributed by atoms with Gasteiger partial charge in [0.1, 0.15) is 5.82 Å². The molecule has 0 aliphatic heterocycles. The topological polar surface area (TPSA) is 12.0 Å². The van der Waals surface area contributed by atoms with Gasteiger partial charge in [-0.1, -0.05) is 25.0 Å². The van der Waals surface area contributed by atoms with Gasteiger partial charge in [-0.25, -0.2) is 4.39 Å². The Kier molecular flexibility index (Phi) is 4.62. The number of rotatable bonds is 4. The van der Waals surface area contributed by atoms with Gasteiger partial charge in [0.25, 0.3) is 0 Å². The van der Waals surface area contributed by atoms with Crippen LogP contribution in [-0.4, -0.2) is 12.1 Å². The first-order valence-corrected chi connectivity index (χ1v) is 7.46. The van der Waals surface area contributed by atoms with Crippen LogP contribution >= 0.6 is 0 Å². The lowest BCUT2D eigenvalue weighted by atomic mass is 9.84. The zero-order valence-electron chi connectivity index (χ0n) is 12.4. The molecule has 1 nitrogen and oxygen atoms in total. The molecule has 1 N–H and O–H groups in total. The van der Waals surface area contributed by atoms with Gasteiger partial charge in [-0.2, -0.15) is 0 Å². The molecule has 0 aromatic heterocycles. The summed E-state index contributed by atoms with van der Waals surface area (Å²) in [5, 5.41) is 3.59. The SMILES string of the molecule is CC(C)(C)NCC(c1cccc(F)c1)C1CCCC1. The third kappa shape index (κ3) is 4.31. The van der Waals surface area contributed by atoms with Gasteiger partial charge < -0.3 is 5.32 Å². The molecule has 0 bridgehead atoms. The largest absolute Gasteiger partial charge is 0.311 e. The third-order valence-corrected chi connectivity index (χ3v) is 4.10. The van der Waals surface area contributed by atoms with E-state index in [1.165, 1.54) is 31.7 Å². The highest BCUT2D eigenvalue weighted by Crippen LogP contribution is 2.37. The van der Waals surface area contributed by atoms with Crippen LogP contribution in [0.5, 0.6) is 0 Å². The molecule has 0 radical (unpaired) electrons. The van der Waals surface area contributed by atoms with Crippen LogP contribution in [-0.2, 0) is 0 Å². The lowest BCUT2D eigenvalue weighted by Crippen LogP contribution is -2.39. The normalized spacial score (nSPS) is 18.7. The predicted octanol–water partition coefficient (Wildman–Crippen LogP) is 4.49. The Balaban J connectivity index is 2.13. The molecule has 1 aliphatic carbocycles. The van der Waals surface area contributed by atoms with Crippen molar-refractivity contribution in [2.24, 2.45) is 5.92 Å². The van der Waals surface area contributed by atoms with Crippen molar-refractivity contribution in [2.75, 3.05) is 6.54 Å². The van der Waals surface area contributed by atoms with E-state index >= 15 is 0 Å². The second kappa shape index (κ2) is 6.04. The van der Waals surface area contributed by atoms with Crippen molar-refractivity contribution < 1.29 is 4.39 Å². The molecule has 2 heteroatoms. The van der Waals surface area contributed by atoms with E-state index in [9.17, 15) is 4.39 Å². The minimum Gasteiger partial charge on any atom is -0.311 e. The van der Waals surface area contributed by atoms with Crippen molar-refractivity contribution in [3.8, 4) is 0 Å². The summed E-state index contributed by atoms with van der Waals surface area (Å²) in [6, 6.07) is 7.17. The summed E-state index contributed by atoms with van der Waals surface area (Å²) >= 11 is 0. The molecule has 1 aliphatic rings. The summed E-state index contributed by atoms with van der Waals surface area (Å²) in [5.41, 5.74) is 1.27. The maximum Gasteiger partial charge on any atom is 0.123 e. The van der Waals surface area contributed by atoms with E-state index in [-0.39, 0.29) is 11.4 Å². The molecule has 0 heterocycles. The summed E-state index contributed by atoms with van der Waals surface area (Å²) in [5.74, 6) is 1.03. The van der Waals surface area contributed by atoms with E-state index < -0.39 is 0 Å². The number of hydrogen-bond acceptors (Lipinski definition) is 1. The van der Waals surface area contributed by atoms with Gasteiger partial charge in [-0.15, -0.1) is 0 Å². The highest BCUT2D eigenvalue weighted by atomic mass is 19.1. The van der Waals surface area contributed by atoms with E-state index in [0.29, 0.717) is 11.8 Å². The molecule has 1 atom stereocenters. The van der Waals surface area contributed by atoms with Gasteiger partial charge in [0.15, 0.2) is 0 Å². The Bertz CT molecular complexity index is 402. The van der Waals surface area contributed by atoms with E-state index in [1.807, 2.05) is 6.07 Å². The first-order chi connectivity index (χ1) is 8.96. The van der Waals surface area contributed by atoms with Gasteiger partial charge >= 0.3 is 0 Å². The lowest BCUT2D eigenvalue weighted by Gasteiger charge is -2.29. The first kappa shape index (κ1) is 14.5. The monoisotopic (exact) mass is 263 g/mol. The first-order valence-electron chi connectivity index (χ1n) is 7.46. The van der Waals surface area contributed by atoms with Crippen LogP contribution in [0.1, 0.15) is 57.9 Å². The van der Waals surface area contributed by atoms with Gasteiger partial charge in [-0.3, -0.25) is 0 Å². The molecule has 0 amide bonds. The van der Waals surface area contributed by atoms with Gasteiger partial charge in [0.2, 0.25) is 0 Å². The average molecular weight is 263 g/mol. The summed E-state index contributed by atoms with van der Waals surface area (Å²) in [4.78, 5) is 0. The molecule has 19 heavy (non-hydrogen) atoms. The van der Waals surface area contributed by atoms with Gasteiger partial charge in [0, 0.05) is 12.1 Å². The van der Waals surface area contributed by atoms with E-state index in [4.69, 9.17) is 0 Å². The fourth-order valence-electron chi connectivity index (χ4n) is 3.07. The fourth-order valence-corrected chi connectivity index (χ4v) is 3.07. The summed E-state index contributed by atoms with van der Waals surface area (Å²) in [7, 11) is 0. The molecule has 1 fully saturated rings. The molecule has 0 spiro atoms. The van der Waals surface area contributed by atoms with Crippen LogP contribution in [0.3, 0.4) is 0 Å². The maximum atomic E-state index is 13.5. The molecular formula is C17H26FN. The van der Waals surface area contributed by atoms with Gasteiger partial charge in [-0.05, 0) is 63.1 Å². The van der Waals surface area contributed by atoms with Crippen molar-refractivity contribution in [3.63, 3.8) is 0 Å². The van der Waals surface area contributed by atoms with Crippen LogP contribution in [0.15, 0.2) is 24.3 Å². The average Bonchev–Trinajstić information content (AvgIpc) is 2.81. The smallest absolute Gasteiger partial charge is 0.123 e. The second-order valence-electron chi connectivity index (χ2n) is 6.84. The molecule has 2 rings (SSSR count). The molecule has 0 saturated heterocycles. The minimum atomic E-state index is -0.115. The minimum absolute atomic E-state index is 0.115. The van der Waals surface area contributed by atoms with Crippen LogP contribution in [0.4, 0.5) is 4.39 Å². The number of hydrogen-bond donors (Lipinski definition) is 1. The summed E-state index contributed by atoms with van der Waals surface area (Å²) < 4.78 is 13.5. The Morgan fingerprint density at radius 3 is 2.53 bits per heavy atom. The Morgan fingerprint density at radius 2 is 1.95 bits per heavy atom. The van der Waals surface area contributed by atoms with Crippen molar-refractivity contribution in [1.82, 2.24) is 5.32 Å². The van der Waals surface area contributed by atoms with Crippen LogP contribution in [0, 0.1) is 11.7 Å². The lowest BCUT2D eigenvalue weighted by molar-refractivity contribution is 0.350. The van der Waals surface area contributed by atoms with E-state index in [1.54, 1.807) is 6.07 Å². The molecule has 1 aromatic rings. The quantitative estimate of drug-likeness (QED) is 0.844. The summed E-state index contributed by atoms with van der Waals surface area (Å²) in [6.45, 7) is 7.50. The zero-order valence-corrected chi connectivity index (χ0v) is 12.4. The van der Waals surface area contributed by atoms with Crippen molar-refractivity contribution in [1.29, 1.82) is 0 Å². The van der Waals surface area contributed by atoms with E-state index in [2.05, 4.69) is 32.2 Å². The third-order valence-electron chi connectivity index (χ3n) is 4.10. The second-order valence-corrected chi connectivity index (χ2v) is 6.84. The Morgan fingerprint density at radius 1 is 1.26 bits per heavy atom.